The minimum atomic E-state index is -0.446. The minimum Gasteiger partial charge on any atom is -0.494 e. The normalized spacial score (nSPS) is 10.9. The van der Waals surface area contributed by atoms with Crippen LogP contribution in [0.15, 0.2) is 30.6 Å². The Morgan fingerprint density at radius 1 is 1.19 bits per heavy atom. The summed E-state index contributed by atoms with van der Waals surface area (Å²) in [4.78, 5) is 7.90. The van der Waals surface area contributed by atoms with E-state index in [1.165, 1.54) is 11.9 Å². The van der Waals surface area contributed by atoms with Gasteiger partial charge >= 0.3 is 0 Å². The number of anilines is 1. The number of nitrogens with one attached hydrogen (secondary N) is 2. The van der Waals surface area contributed by atoms with Crippen LogP contribution in [0.5, 0.6) is 11.5 Å². The molecule has 2 aromatic rings. The molecule has 1 aromatic carbocycles. The third-order valence-corrected chi connectivity index (χ3v) is 4.39. The van der Waals surface area contributed by atoms with E-state index in [4.69, 9.17) is 21.7 Å². The Kier molecular flexibility index (Phi) is 10.4. The molecule has 2 rings (SSSR count). The van der Waals surface area contributed by atoms with Gasteiger partial charge in [-0.25, -0.2) is 14.4 Å². The van der Waals surface area contributed by atoms with Gasteiger partial charge in [-0.1, -0.05) is 26.8 Å². The fraction of sp³-hybridized carbons (Fsp3) is 0.389. The molecule has 0 saturated carbocycles. The summed E-state index contributed by atoms with van der Waals surface area (Å²) in [6.07, 6.45) is 2.90. The Balaban J connectivity index is 0.00000176. The van der Waals surface area contributed by atoms with Crippen LogP contribution in [0.4, 0.5) is 10.1 Å². The molecule has 0 aliphatic heterocycles. The lowest BCUT2D eigenvalue weighted by Gasteiger charge is -2.17. The molecule has 1 heterocycles. The zero-order valence-corrected chi connectivity index (χ0v) is 17.7. The van der Waals surface area contributed by atoms with Gasteiger partial charge in [0.1, 0.15) is 23.0 Å². The Morgan fingerprint density at radius 3 is 2.26 bits per heavy atom. The molecule has 148 valence electrons. The largest absolute Gasteiger partial charge is 0.494 e. The number of thiocarbonyl (C=S) groups is 1. The zero-order valence-electron chi connectivity index (χ0n) is 16.1. The topological polar surface area (TPSA) is 68.3 Å². The molecule has 1 aromatic heterocycles. The Bertz CT molecular complexity index is 695. The van der Waals surface area contributed by atoms with Crippen molar-refractivity contribution in [3.8, 4) is 11.5 Å². The quantitative estimate of drug-likeness (QED) is 0.517. The highest BCUT2D eigenvalue weighted by atomic mass is 32.2. The molecular formula is C18H25FN4O2S2. The molecule has 0 spiro atoms. The standard InChI is InChI=1S/C16H19FN4O2S2.C2H6/c1-10(7-14-18-8-11(17)9-19-14)25-21-16(24)20-15-12(22-2)5-4-6-13(15)23-3;1-2/h4-6,8-10H,7H2,1-3H3,(H2,20,21,24);1-2H3. The van der Waals surface area contributed by atoms with Crippen LogP contribution in [0.25, 0.3) is 0 Å². The van der Waals surface area contributed by atoms with E-state index in [1.54, 1.807) is 14.2 Å². The van der Waals surface area contributed by atoms with Gasteiger partial charge in [-0.15, -0.1) is 0 Å². The fourth-order valence-electron chi connectivity index (χ4n) is 2.01. The molecule has 0 aliphatic carbocycles. The minimum absolute atomic E-state index is 0.129. The molecule has 0 saturated heterocycles. The molecule has 0 aliphatic rings. The lowest BCUT2D eigenvalue weighted by molar-refractivity contribution is 0.398. The maximum Gasteiger partial charge on any atom is 0.181 e. The van der Waals surface area contributed by atoms with E-state index >= 15 is 0 Å². The van der Waals surface area contributed by atoms with E-state index < -0.39 is 5.82 Å². The molecule has 0 fully saturated rings. The van der Waals surface area contributed by atoms with E-state index in [-0.39, 0.29) is 5.25 Å². The molecule has 0 radical (unpaired) electrons. The van der Waals surface area contributed by atoms with Crippen molar-refractivity contribution in [3.63, 3.8) is 0 Å². The first-order chi connectivity index (χ1) is 13.0. The van der Waals surface area contributed by atoms with Crippen LogP contribution in [-0.2, 0) is 6.42 Å². The van der Waals surface area contributed by atoms with Crippen LogP contribution in [0.3, 0.4) is 0 Å². The molecule has 2 N–H and O–H groups in total. The van der Waals surface area contributed by atoms with E-state index in [1.807, 2.05) is 39.0 Å². The van der Waals surface area contributed by atoms with Crippen molar-refractivity contribution in [3.05, 3.63) is 42.2 Å². The third kappa shape index (κ3) is 7.56. The number of hydrogen-bond donors (Lipinski definition) is 2. The van der Waals surface area contributed by atoms with E-state index in [9.17, 15) is 4.39 Å². The summed E-state index contributed by atoms with van der Waals surface area (Å²) in [7, 11) is 3.16. The fourth-order valence-corrected chi connectivity index (χ4v) is 2.85. The van der Waals surface area contributed by atoms with Crippen LogP contribution in [-0.4, -0.2) is 34.5 Å². The van der Waals surface area contributed by atoms with Crippen molar-refractivity contribution in [2.45, 2.75) is 32.4 Å². The Labute approximate surface area is 169 Å². The Hall–Kier alpha value is -2.13. The molecule has 0 bridgehead atoms. The summed E-state index contributed by atoms with van der Waals surface area (Å²) in [6.45, 7) is 6.00. The SMILES string of the molecule is CC.COc1cccc(OC)c1NC(=S)NSC(C)Cc1ncc(F)cn1. The van der Waals surface area contributed by atoms with Crippen LogP contribution >= 0.6 is 24.2 Å². The lowest BCUT2D eigenvalue weighted by atomic mass is 10.2. The zero-order chi connectivity index (χ0) is 20.2. The van der Waals surface area contributed by atoms with Crippen molar-refractivity contribution < 1.29 is 13.9 Å². The number of ether oxygens (including phenoxy) is 2. The van der Waals surface area contributed by atoms with Crippen molar-refractivity contribution in [2.75, 3.05) is 19.5 Å². The molecule has 1 unspecified atom stereocenters. The van der Waals surface area contributed by atoms with Gasteiger partial charge in [0.2, 0.25) is 0 Å². The predicted molar refractivity (Wildman–Crippen MR) is 113 cm³/mol. The van der Waals surface area contributed by atoms with E-state index in [0.717, 1.165) is 12.4 Å². The number of rotatable bonds is 7. The first kappa shape index (κ1) is 22.9. The van der Waals surface area contributed by atoms with Gasteiger partial charge in [0, 0.05) is 11.7 Å². The molecule has 0 amide bonds. The summed E-state index contributed by atoms with van der Waals surface area (Å²) < 4.78 is 26.5. The van der Waals surface area contributed by atoms with E-state index in [0.29, 0.717) is 34.5 Å². The lowest BCUT2D eigenvalue weighted by Crippen LogP contribution is -2.25. The maximum absolute atomic E-state index is 12.8. The molecule has 6 nitrogen and oxygen atoms in total. The van der Waals surface area contributed by atoms with Gasteiger partial charge in [0.25, 0.3) is 0 Å². The number of nitrogens with zero attached hydrogens (tertiary/aromatic N) is 2. The average Bonchev–Trinajstić information content (AvgIpc) is 2.70. The van der Waals surface area contributed by atoms with Crippen molar-refractivity contribution in [1.29, 1.82) is 0 Å². The smallest absolute Gasteiger partial charge is 0.181 e. The second-order valence-corrected chi connectivity index (χ2v) is 6.70. The van der Waals surface area contributed by atoms with Crippen LogP contribution in [0.2, 0.25) is 0 Å². The first-order valence-electron chi connectivity index (χ1n) is 8.43. The number of benzene rings is 1. The summed E-state index contributed by atoms with van der Waals surface area (Å²) in [6, 6.07) is 5.46. The second kappa shape index (κ2) is 12.3. The second-order valence-electron chi connectivity index (χ2n) is 5.04. The first-order valence-corrected chi connectivity index (χ1v) is 9.72. The maximum atomic E-state index is 12.8. The molecule has 9 heteroatoms. The monoisotopic (exact) mass is 412 g/mol. The van der Waals surface area contributed by atoms with Crippen LogP contribution < -0.4 is 19.5 Å². The van der Waals surface area contributed by atoms with Crippen LogP contribution in [0.1, 0.15) is 26.6 Å². The van der Waals surface area contributed by atoms with Crippen molar-refractivity contribution in [1.82, 2.24) is 14.7 Å². The van der Waals surface area contributed by atoms with Crippen LogP contribution in [0, 0.1) is 5.82 Å². The average molecular weight is 413 g/mol. The highest BCUT2D eigenvalue weighted by molar-refractivity contribution is 7.99. The highest BCUT2D eigenvalue weighted by Crippen LogP contribution is 2.34. The van der Waals surface area contributed by atoms with E-state index in [2.05, 4.69) is 20.0 Å². The van der Waals surface area contributed by atoms with Crippen molar-refractivity contribution >= 4 is 35.0 Å². The Morgan fingerprint density at radius 2 is 1.74 bits per heavy atom. The number of hydrogen-bond acceptors (Lipinski definition) is 6. The number of para-hydroxylation sites is 1. The number of methoxy groups -OCH3 is 2. The van der Waals surface area contributed by atoms with Gasteiger partial charge in [0.15, 0.2) is 10.9 Å². The van der Waals surface area contributed by atoms with Gasteiger partial charge in [-0.2, -0.15) is 0 Å². The summed E-state index contributed by atoms with van der Waals surface area (Å²) in [5, 5.41) is 3.62. The molecule has 27 heavy (non-hydrogen) atoms. The summed E-state index contributed by atoms with van der Waals surface area (Å²) >= 11 is 6.74. The van der Waals surface area contributed by atoms with Crippen molar-refractivity contribution in [2.24, 2.45) is 0 Å². The van der Waals surface area contributed by atoms with Gasteiger partial charge in [-0.3, -0.25) is 0 Å². The van der Waals surface area contributed by atoms with Gasteiger partial charge < -0.3 is 19.5 Å². The summed E-state index contributed by atoms with van der Waals surface area (Å²) in [5.41, 5.74) is 0.653. The summed E-state index contributed by atoms with van der Waals surface area (Å²) in [5.74, 6) is 1.38. The van der Waals surface area contributed by atoms with Gasteiger partial charge in [0.05, 0.1) is 26.6 Å². The number of halogens is 1. The highest BCUT2D eigenvalue weighted by Gasteiger charge is 2.13. The molecule has 1 atom stereocenters. The predicted octanol–water partition coefficient (Wildman–Crippen LogP) is 4.22. The number of aromatic nitrogens is 2. The molecular weight excluding hydrogens is 387 g/mol. The third-order valence-electron chi connectivity index (χ3n) is 3.16. The van der Waals surface area contributed by atoms with Gasteiger partial charge in [-0.05, 0) is 36.3 Å².